The zero-order chi connectivity index (χ0) is 27.3. The molecule has 0 unspecified atom stereocenters. The van der Waals surface area contributed by atoms with Crippen molar-refractivity contribution in [1.82, 2.24) is 10.2 Å². The van der Waals surface area contributed by atoms with Crippen LogP contribution in [-0.2, 0) is 26.2 Å². The number of nitrogens with one attached hydrogen (secondary N) is 1. The van der Waals surface area contributed by atoms with Gasteiger partial charge in [-0.2, -0.15) is 0 Å². The number of benzene rings is 2. The molecule has 1 N–H and O–H groups in total. The minimum atomic E-state index is -3.91. The fourth-order valence-corrected chi connectivity index (χ4v) is 6.09. The van der Waals surface area contributed by atoms with E-state index >= 15 is 0 Å². The highest BCUT2D eigenvalue weighted by Crippen LogP contribution is 2.28. The number of amides is 2. The van der Waals surface area contributed by atoms with Crippen LogP contribution in [0.1, 0.15) is 44.6 Å². The van der Waals surface area contributed by atoms with E-state index in [0.717, 1.165) is 36.2 Å². The quantitative estimate of drug-likeness (QED) is 0.362. The van der Waals surface area contributed by atoms with Crippen LogP contribution >= 0.6 is 46.4 Å². The molecule has 1 fully saturated rings. The van der Waals surface area contributed by atoms with E-state index in [1.807, 2.05) is 0 Å². The Morgan fingerprint density at radius 1 is 1.00 bits per heavy atom. The first kappa shape index (κ1) is 29.8. The van der Waals surface area contributed by atoms with Gasteiger partial charge >= 0.3 is 0 Å². The Morgan fingerprint density at radius 3 is 2.16 bits per heavy atom. The molecule has 1 aliphatic rings. The summed E-state index contributed by atoms with van der Waals surface area (Å²) in [5.41, 5.74) is 0.790. The molecule has 2 aromatic carbocycles. The zero-order valence-electron chi connectivity index (χ0n) is 20.5. The Balaban J connectivity index is 1.96. The average Bonchev–Trinajstić information content (AvgIpc) is 3.31. The van der Waals surface area contributed by atoms with E-state index in [1.165, 1.54) is 23.1 Å². The minimum absolute atomic E-state index is 0.0280. The summed E-state index contributed by atoms with van der Waals surface area (Å²) in [4.78, 5) is 28.5. The van der Waals surface area contributed by atoms with Crippen molar-refractivity contribution in [2.45, 2.75) is 57.7 Å². The number of nitrogens with zero attached hydrogens (tertiary/aromatic N) is 2. The van der Waals surface area contributed by atoms with Gasteiger partial charge in [-0.1, -0.05) is 72.2 Å². The normalized spacial score (nSPS) is 14.9. The summed E-state index contributed by atoms with van der Waals surface area (Å²) < 4.78 is 26.4. The zero-order valence-corrected chi connectivity index (χ0v) is 24.4. The highest BCUT2D eigenvalue weighted by atomic mass is 35.5. The molecule has 0 aromatic heterocycles. The van der Waals surface area contributed by atoms with Gasteiger partial charge < -0.3 is 10.2 Å². The molecule has 0 aliphatic heterocycles. The predicted octanol–water partition coefficient (Wildman–Crippen LogP) is 5.93. The second-order valence-electron chi connectivity index (χ2n) is 9.08. The van der Waals surface area contributed by atoms with Crippen molar-refractivity contribution in [2.24, 2.45) is 0 Å². The van der Waals surface area contributed by atoms with Gasteiger partial charge in [-0.05, 0) is 55.2 Å². The summed E-state index contributed by atoms with van der Waals surface area (Å²) in [6.45, 7) is 1.28. The lowest BCUT2D eigenvalue weighted by atomic mass is 10.1. The van der Waals surface area contributed by atoms with Crippen LogP contribution in [0.5, 0.6) is 0 Å². The van der Waals surface area contributed by atoms with E-state index in [1.54, 1.807) is 25.1 Å². The summed E-state index contributed by atoms with van der Waals surface area (Å²) in [5, 5.41) is 4.16. The maximum absolute atomic E-state index is 13.8. The fraction of sp³-hybridized carbons (Fsp3) is 0.440. The number of hydrogen-bond donors (Lipinski definition) is 1. The maximum atomic E-state index is 13.8. The molecule has 3 rings (SSSR count). The number of halogens is 4. The van der Waals surface area contributed by atoms with Crippen molar-refractivity contribution in [3.63, 3.8) is 0 Å². The van der Waals surface area contributed by atoms with Gasteiger partial charge in [0.15, 0.2) is 0 Å². The fourth-order valence-electron chi connectivity index (χ4n) is 4.42. The van der Waals surface area contributed by atoms with Crippen molar-refractivity contribution in [1.29, 1.82) is 0 Å². The minimum Gasteiger partial charge on any atom is -0.352 e. The molecule has 1 aliphatic carbocycles. The lowest BCUT2D eigenvalue weighted by molar-refractivity contribution is -0.140. The second kappa shape index (κ2) is 12.9. The van der Waals surface area contributed by atoms with Crippen molar-refractivity contribution in [3.8, 4) is 0 Å². The highest BCUT2D eigenvalue weighted by Gasteiger charge is 2.33. The lowest BCUT2D eigenvalue weighted by Gasteiger charge is -2.33. The van der Waals surface area contributed by atoms with E-state index in [4.69, 9.17) is 46.4 Å². The van der Waals surface area contributed by atoms with Crippen LogP contribution in [0.15, 0.2) is 36.4 Å². The Kier molecular flexibility index (Phi) is 10.4. The van der Waals surface area contributed by atoms with Crippen molar-refractivity contribution in [3.05, 3.63) is 62.1 Å². The lowest BCUT2D eigenvalue weighted by Crippen LogP contribution is -2.53. The van der Waals surface area contributed by atoms with Gasteiger partial charge in [0.25, 0.3) is 0 Å². The molecule has 0 radical (unpaired) electrons. The van der Waals surface area contributed by atoms with Crippen LogP contribution in [0.25, 0.3) is 0 Å². The SMILES string of the molecule is CC[C@@H](C(=O)NC1CCCC1)N(Cc1ccc(Cl)c(Cl)c1)C(=O)CN(c1cc(Cl)cc(Cl)c1)S(C)(=O)=O. The summed E-state index contributed by atoms with van der Waals surface area (Å²) in [6.07, 6.45) is 5.18. The van der Waals surface area contributed by atoms with E-state index in [0.29, 0.717) is 22.0 Å². The molecule has 0 spiro atoms. The molecule has 7 nitrogen and oxygen atoms in total. The van der Waals surface area contributed by atoms with Crippen LogP contribution in [-0.4, -0.2) is 50.0 Å². The largest absolute Gasteiger partial charge is 0.352 e. The number of anilines is 1. The number of hydrogen-bond acceptors (Lipinski definition) is 4. The number of carbonyl (C=O) groups is 2. The van der Waals surface area contributed by atoms with Gasteiger partial charge in [-0.15, -0.1) is 0 Å². The molecular weight excluding hydrogens is 580 g/mol. The van der Waals surface area contributed by atoms with Crippen molar-refractivity contribution in [2.75, 3.05) is 17.1 Å². The Bertz CT molecular complexity index is 1230. The maximum Gasteiger partial charge on any atom is 0.244 e. The van der Waals surface area contributed by atoms with Crippen LogP contribution in [0.3, 0.4) is 0 Å². The molecule has 1 saturated carbocycles. The van der Waals surface area contributed by atoms with E-state index in [-0.39, 0.29) is 34.2 Å². The van der Waals surface area contributed by atoms with E-state index in [9.17, 15) is 18.0 Å². The van der Waals surface area contributed by atoms with Gasteiger partial charge in [0.05, 0.1) is 22.0 Å². The molecule has 0 saturated heterocycles. The van der Waals surface area contributed by atoms with E-state index in [2.05, 4.69) is 5.32 Å². The number of rotatable bonds is 10. The first-order valence-corrected chi connectivity index (χ1v) is 15.2. The van der Waals surface area contributed by atoms with Gasteiger partial charge in [0, 0.05) is 22.6 Å². The molecule has 37 heavy (non-hydrogen) atoms. The summed E-state index contributed by atoms with van der Waals surface area (Å²) in [7, 11) is -3.91. The Morgan fingerprint density at radius 2 is 1.62 bits per heavy atom. The van der Waals surface area contributed by atoms with Crippen LogP contribution in [0.2, 0.25) is 20.1 Å². The van der Waals surface area contributed by atoms with Gasteiger partial charge in [0.2, 0.25) is 21.8 Å². The third-order valence-corrected chi connectivity index (χ3v) is 8.55. The molecule has 0 bridgehead atoms. The third-order valence-electron chi connectivity index (χ3n) is 6.24. The number of sulfonamides is 1. The molecule has 1 atom stereocenters. The first-order chi connectivity index (χ1) is 17.4. The smallest absolute Gasteiger partial charge is 0.244 e. The summed E-state index contributed by atoms with van der Waals surface area (Å²) >= 11 is 24.4. The van der Waals surface area contributed by atoms with Crippen molar-refractivity contribution < 1.29 is 18.0 Å². The van der Waals surface area contributed by atoms with Crippen molar-refractivity contribution >= 4 is 73.9 Å². The summed E-state index contributed by atoms with van der Waals surface area (Å²) in [6, 6.07) is 8.46. The standard InChI is InChI=1S/C25H29Cl4N3O4S/c1-3-23(25(34)30-19-6-4-5-7-19)31(14-16-8-9-21(28)22(29)10-16)24(33)15-32(37(2,35)36)20-12-17(26)11-18(27)13-20/h8-13,19,23H,3-7,14-15H2,1-2H3,(H,30,34)/t23-/m0/s1. The van der Waals surface area contributed by atoms with Crippen LogP contribution < -0.4 is 9.62 Å². The topological polar surface area (TPSA) is 86.8 Å². The molecular formula is C25H29Cl4N3O4S. The van der Waals surface area contributed by atoms with E-state index < -0.39 is 28.5 Å². The monoisotopic (exact) mass is 607 g/mol. The highest BCUT2D eigenvalue weighted by molar-refractivity contribution is 7.92. The molecule has 0 heterocycles. The average molecular weight is 609 g/mol. The molecule has 12 heteroatoms. The van der Waals surface area contributed by atoms with Gasteiger partial charge in [0.1, 0.15) is 12.6 Å². The van der Waals surface area contributed by atoms with Crippen LogP contribution in [0, 0.1) is 0 Å². The predicted molar refractivity (Wildman–Crippen MR) is 150 cm³/mol. The summed E-state index contributed by atoms with van der Waals surface area (Å²) in [5.74, 6) is -0.847. The Labute approximate surface area is 238 Å². The Hall–Kier alpha value is -1.71. The molecule has 2 amide bonds. The molecule has 202 valence electrons. The van der Waals surface area contributed by atoms with Crippen LogP contribution in [0.4, 0.5) is 5.69 Å². The first-order valence-electron chi connectivity index (χ1n) is 11.9. The van der Waals surface area contributed by atoms with Gasteiger partial charge in [-0.25, -0.2) is 8.42 Å². The molecule has 2 aromatic rings. The third kappa shape index (κ3) is 8.14. The second-order valence-corrected chi connectivity index (χ2v) is 12.7. The van der Waals surface area contributed by atoms with Gasteiger partial charge in [-0.3, -0.25) is 13.9 Å². The number of carbonyl (C=O) groups excluding carboxylic acids is 2.